The molecule has 164 valence electrons. The second-order valence-corrected chi connectivity index (χ2v) is 9.09. The Morgan fingerprint density at radius 2 is 1.94 bits per heavy atom. The minimum Gasteiger partial charge on any atom is -0.444 e. The lowest BCUT2D eigenvalue weighted by Gasteiger charge is -2.40. The van der Waals surface area contributed by atoms with Crippen molar-refractivity contribution in [3.63, 3.8) is 0 Å². The number of nitrogens with zero attached hydrogens (tertiary/aromatic N) is 4. The molecule has 1 fully saturated rings. The quantitative estimate of drug-likeness (QED) is 0.613. The fourth-order valence-electron chi connectivity index (χ4n) is 4.00. The van der Waals surface area contributed by atoms with Crippen LogP contribution in [-0.4, -0.2) is 51.8 Å². The van der Waals surface area contributed by atoms with E-state index in [9.17, 15) is 9.18 Å². The SMILES string of the molecule is CC1CN(C(=O)OC(C)(C)C)CCN1c1nc2ccccc2n1Cc1cccc(F)c1. The summed E-state index contributed by atoms with van der Waals surface area (Å²) in [5, 5.41) is 0. The van der Waals surface area contributed by atoms with Crippen molar-refractivity contribution in [1.29, 1.82) is 0 Å². The topological polar surface area (TPSA) is 50.6 Å². The van der Waals surface area contributed by atoms with Gasteiger partial charge in [-0.2, -0.15) is 0 Å². The zero-order chi connectivity index (χ0) is 22.2. The number of aromatic nitrogens is 2. The van der Waals surface area contributed by atoms with E-state index < -0.39 is 5.60 Å². The second-order valence-electron chi connectivity index (χ2n) is 9.09. The number of imidazole rings is 1. The molecule has 7 heteroatoms. The number of fused-ring (bicyclic) bond motifs is 1. The third kappa shape index (κ3) is 4.65. The van der Waals surface area contributed by atoms with Gasteiger partial charge >= 0.3 is 6.09 Å². The van der Waals surface area contributed by atoms with Crippen molar-refractivity contribution in [3.8, 4) is 0 Å². The summed E-state index contributed by atoms with van der Waals surface area (Å²) < 4.78 is 21.4. The minimum atomic E-state index is -0.517. The number of anilines is 1. The standard InChI is InChI=1S/C24H29FN4O2/c1-17-15-27(23(30)31-24(2,3)4)12-13-28(17)22-26-20-10-5-6-11-21(20)29(22)16-18-8-7-9-19(25)14-18/h5-11,14,17H,12-13,15-16H2,1-4H3. The molecule has 1 saturated heterocycles. The van der Waals surface area contributed by atoms with Gasteiger partial charge in [-0.3, -0.25) is 0 Å². The average molecular weight is 425 g/mol. The molecule has 0 aliphatic carbocycles. The zero-order valence-corrected chi connectivity index (χ0v) is 18.5. The summed E-state index contributed by atoms with van der Waals surface area (Å²) in [4.78, 5) is 21.4. The first-order chi connectivity index (χ1) is 14.7. The van der Waals surface area contributed by atoms with Gasteiger partial charge in [0.1, 0.15) is 11.4 Å². The maximum atomic E-state index is 13.8. The molecular formula is C24H29FN4O2. The Bertz CT molecular complexity index is 1090. The number of hydrogen-bond donors (Lipinski definition) is 0. The number of hydrogen-bond acceptors (Lipinski definition) is 4. The number of para-hydroxylation sites is 2. The van der Waals surface area contributed by atoms with E-state index in [0.717, 1.165) is 22.5 Å². The molecule has 0 N–H and O–H groups in total. The van der Waals surface area contributed by atoms with E-state index in [1.807, 2.05) is 51.1 Å². The van der Waals surface area contributed by atoms with E-state index in [1.54, 1.807) is 17.0 Å². The molecular weight excluding hydrogens is 395 g/mol. The molecule has 1 unspecified atom stereocenters. The van der Waals surface area contributed by atoms with Crippen LogP contribution in [-0.2, 0) is 11.3 Å². The molecule has 1 amide bonds. The maximum absolute atomic E-state index is 13.8. The van der Waals surface area contributed by atoms with Crippen LogP contribution in [0.25, 0.3) is 11.0 Å². The number of amides is 1. The fraction of sp³-hybridized carbons (Fsp3) is 0.417. The third-order valence-electron chi connectivity index (χ3n) is 5.40. The zero-order valence-electron chi connectivity index (χ0n) is 18.5. The summed E-state index contributed by atoms with van der Waals surface area (Å²) in [5.41, 5.74) is 2.26. The Kier molecular flexibility index (Phi) is 5.60. The van der Waals surface area contributed by atoms with Crippen molar-refractivity contribution in [2.24, 2.45) is 0 Å². The summed E-state index contributed by atoms with van der Waals surface area (Å²) in [6.45, 7) is 9.99. The predicted octanol–water partition coefficient (Wildman–Crippen LogP) is 4.67. The number of carbonyl (C=O) groups excluding carboxylic acids is 1. The number of halogens is 1. The van der Waals surface area contributed by atoms with Crippen LogP contribution in [0.2, 0.25) is 0 Å². The van der Waals surface area contributed by atoms with Gasteiger partial charge in [0.05, 0.1) is 17.6 Å². The van der Waals surface area contributed by atoms with Crippen LogP contribution in [0.3, 0.4) is 0 Å². The van der Waals surface area contributed by atoms with Gasteiger partial charge in [-0.25, -0.2) is 14.2 Å². The van der Waals surface area contributed by atoms with E-state index in [1.165, 1.54) is 6.07 Å². The highest BCUT2D eigenvalue weighted by Crippen LogP contribution is 2.27. The highest BCUT2D eigenvalue weighted by atomic mass is 19.1. The highest BCUT2D eigenvalue weighted by Gasteiger charge is 2.32. The van der Waals surface area contributed by atoms with E-state index in [4.69, 9.17) is 9.72 Å². The predicted molar refractivity (Wildman–Crippen MR) is 120 cm³/mol. The van der Waals surface area contributed by atoms with Gasteiger partial charge in [0.2, 0.25) is 5.95 Å². The van der Waals surface area contributed by atoms with Gasteiger partial charge in [-0.05, 0) is 57.5 Å². The van der Waals surface area contributed by atoms with Gasteiger partial charge in [0, 0.05) is 25.7 Å². The molecule has 1 aromatic heterocycles. The first-order valence-electron chi connectivity index (χ1n) is 10.7. The van der Waals surface area contributed by atoms with Crippen molar-refractivity contribution >= 4 is 23.1 Å². The number of ether oxygens (including phenoxy) is 1. The number of rotatable bonds is 3. The van der Waals surface area contributed by atoms with Crippen molar-refractivity contribution in [2.75, 3.05) is 24.5 Å². The molecule has 0 spiro atoms. The lowest BCUT2D eigenvalue weighted by molar-refractivity contribution is 0.0218. The van der Waals surface area contributed by atoms with Gasteiger partial charge in [0.15, 0.2) is 0 Å². The maximum Gasteiger partial charge on any atom is 0.410 e. The lowest BCUT2D eigenvalue weighted by Crippen LogP contribution is -2.55. The number of benzene rings is 2. The molecule has 1 aliphatic rings. The van der Waals surface area contributed by atoms with Gasteiger partial charge < -0.3 is 19.1 Å². The summed E-state index contributed by atoms with van der Waals surface area (Å²) in [7, 11) is 0. The Balaban J connectivity index is 1.62. The first kappa shape index (κ1) is 21.2. The summed E-state index contributed by atoms with van der Waals surface area (Å²) in [5.74, 6) is 0.588. The number of carbonyl (C=O) groups is 1. The Morgan fingerprint density at radius 1 is 1.16 bits per heavy atom. The summed E-state index contributed by atoms with van der Waals surface area (Å²) >= 11 is 0. The summed E-state index contributed by atoms with van der Waals surface area (Å²) in [6.07, 6.45) is -0.285. The molecule has 31 heavy (non-hydrogen) atoms. The van der Waals surface area contributed by atoms with E-state index in [2.05, 4.69) is 16.4 Å². The monoisotopic (exact) mass is 424 g/mol. The van der Waals surface area contributed by atoms with Crippen LogP contribution in [0.15, 0.2) is 48.5 Å². The lowest BCUT2D eigenvalue weighted by atomic mass is 10.2. The molecule has 1 aliphatic heterocycles. The van der Waals surface area contributed by atoms with Crippen LogP contribution in [0.4, 0.5) is 15.1 Å². The van der Waals surface area contributed by atoms with E-state index in [0.29, 0.717) is 26.2 Å². The Morgan fingerprint density at radius 3 is 2.65 bits per heavy atom. The third-order valence-corrected chi connectivity index (χ3v) is 5.40. The van der Waals surface area contributed by atoms with Crippen LogP contribution < -0.4 is 4.90 Å². The fourth-order valence-corrected chi connectivity index (χ4v) is 4.00. The van der Waals surface area contributed by atoms with Crippen molar-refractivity contribution < 1.29 is 13.9 Å². The Hall–Kier alpha value is -3.09. The molecule has 6 nitrogen and oxygen atoms in total. The molecule has 1 atom stereocenters. The molecule has 3 aromatic rings. The normalized spacial score (nSPS) is 17.3. The number of piperazine rings is 1. The molecule has 4 rings (SSSR count). The van der Waals surface area contributed by atoms with Crippen LogP contribution in [0, 0.1) is 5.82 Å². The highest BCUT2D eigenvalue weighted by molar-refractivity contribution is 5.79. The molecule has 0 saturated carbocycles. The van der Waals surface area contributed by atoms with Crippen LogP contribution in [0.1, 0.15) is 33.3 Å². The smallest absolute Gasteiger partial charge is 0.410 e. The average Bonchev–Trinajstić information content (AvgIpc) is 3.05. The van der Waals surface area contributed by atoms with Crippen LogP contribution >= 0.6 is 0 Å². The van der Waals surface area contributed by atoms with E-state index in [-0.39, 0.29) is 18.0 Å². The minimum absolute atomic E-state index is 0.0596. The molecule has 0 radical (unpaired) electrons. The molecule has 0 bridgehead atoms. The molecule has 2 aromatic carbocycles. The summed E-state index contributed by atoms with van der Waals surface area (Å²) in [6, 6.07) is 14.7. The van der Waals surface area contributed by atoms with Crippen molar-refractivity contribution in [2.45, 2.75) is 45.9 Å². The van der Waals surface area contributed by atoms with Gasteiger partial charge in [-0.15, -0.1) is 0 Å². The van der Waals surface area contributed by atoms with Crippen molar-refractivity contribution in [1.82, 2.24) is 14.5 Å². The van der Waals surface area contributed by atoms with Crippen LogP contribution in [0.5, 0.6) is 0 Å². The molecule has 2 heterocycles. The van der Waals surface area contributed by atoms with Crippen molar-refractivity contribution in [3.05, 3.63) is 59.9 Å². The Labute approximate surface area is 182 Å². The second kappa shape index (κ2) is 8.21. The van der Waals surface area contributed by atoms with Gasteiger partial charge in [0.25, 0.3) is 0 Å². The largest absolute Gasteiger partial charge is 0.444 e. The first-order valence-corrected chi connectivity index (χ1v) is 10.7. The van der Waals surface area contributed by atoms with Gasteiger partial charge in [-0.1, -0.05) is 24.3 Å². The van der Waals surface area contributed by atoms with E-state index >= 15 is 0 Å².